The number of hydrogen-bond donors (Lipinski definition) is 0. The smallest absolute Gasteiger partial charge is 0.129 e. The van der Waals surface area contributed by atoms with Crippen LogP contribution in [0.4, 0.5) is 0 Å². The minimum atomic E-state index is -1.13. The number of fused-ring (bicyclic) bond motifs is 1. The molecule has 0 atom stereocenters. The zero-order valence-electron chi connectivity index (χ0n) is 19.3. The summed E-state index contributed by atoms with van der Waals surface area (Å²) in [6.07, 6.45) is 4.12. The van der Waals surface area contributed by atoms with Gasteiger partial charge in [0.15, 0.2) is 0 Å². The van der Waals surface area contributed by atoms with E-state index in [1.54, 1.807) is 13.4 Å². The summed E-state index contributed by atoms with van der Waals surface area (Å²) in [5.74, 6) is 2.28. The summed E-state index contributed by atoms with van der Waals surface area (Å²) in [7, 11) is 0.548. The van der Waals surface area contributed by atoms with Gasteiger partial charge >= 0.3 is 0 Å². The van der Waals surface area contributed by atoms with E-state index in [2.05, 4.69) is 47.2 Å². The molecule has 166 valence electrons. The minimum Gasteiger partial charge on any atom is -0.497 e. The molecular weight excluding hydrogens is 406 g/mol. The van der Waals surface area contributed by atoms with Crippen molar-refractivity contribution in [2.45, 2.75) is 52.2 Å². The fraction of sp³-hybridized carbons (Fsp3) is 0.500. The molecule has 0 amide bonds. The summed E-state index contributed by atoms with van der Waals surface area (Å²) in [6, 6.07) is 9.16. The van der Waals surface area contributed by atoms with E-state index >= 15 is 0 Å². The van der Waals surface area contributed by atoms with Gasteiger partial charge in [0, 0.05) is 25.9 Å². The fourth-order valence-electron chi connectivity index (χ4n) is 3.55. The SMILES string of the molecule is COc1ccc(OCC2CC2)c(-c2ncnc3cc(C)n(COCC[Si](C)(C)C)c23)c1. The highest BCUT2D eigenvalue weighted by Gasteiger charge is 2.24. The topological polar surface area (TPSA) is 58.4 Å². The second-order valence-electron chi connectivity index (χ2n) is 9.63. The number of hydrogen-bond acceptors (Lipinski definition) is 5. The van der Waals surface area contributed by atoms with Gasteiger partial charge in [0.1, 0.15) is 30.3 Å². The quantitative estimate of drug-likeness (QED) is 0.308. The second kappa shape index (κ2) is 9.00. The highest BCUT2D eigenvalue weighted by Crippen LogP contribution is 2.38. The molecule has 4 rings (SSSR count). The maximum absolute atomic E-state index is 6.19. The van der Waals surface area contributed by atoms with Crippen LogP contribution in [0.15, 0.2) is 30.6 Å². The van der Waals surface area contributed by atoms with Gasteiger partial charge in [0.05, 0.1) is 24.8 Å². The monoisotopic (exact) mass is 439 g/mol. The Bertz CT molecular complexity index is 1050. The summed E-state index contributed by atoms with van der Waals surface area (Å²) in [5, 5.41) is 0. The Balaban J connectivity index is 1.70. The van der Waals surface area contributed by atoms with Gasteiger partial charge in [-0.2, -0.15) is 0 Å². The third-order valence-electron chi connectivity index (χ3n) is 5.72. The Morgan fingerprint density at radius 3 is 2.65 bits per heavy atom. The van der Waals surface area contributed by atoms with Crippen molar-refractivity contribution in [3.63, 3.8) is 0 Å². The van der Waals surface area contributed by atoms with E-state index in [-0.39, 0.29) is 0 Å². The standard InChI is InChI=1S/C24H33N3O3Si/c1-17-12-21-24(27(17)16-29-10-11-31(3,4)5)23(26-15-25-21)20-13-19(28-2)8-9-22(20)30-14-18-6-7-18/h8-9,12-13,15,18H,6-7,10-11,14,16H2,1-5H3. The largest absolute Gasteiger partial charge is 0.497 e. The number of methoxy groups -OCH3 is 1. The van der Waals surface area contributed by atoms with Crippen molar-refractivity contribution >= 4 is 19.1 Å². The molecule has 3 aromatic rings. The van der Waals surface area contributed by atoms with Crippen LogP contribution < -0.4 is 9.47 Å². The van der Waals surface area contributed by atoms with Crippen LogP contribution in [0, 0.1) is 12.8 Å². The van der Waals surface area contributed by atoms with Crippen molar-refractivity contribution in [1.82, 2.24) is 14.5 Å². The molecule has 0 unspecified atom stereocenters. The maximum atomic E-state index is 6.19. The van der Waals surface area contributed by atoms with E-state index in [1.165, 1.54) is 12.8 Å². The molecule has 2 aromatic heterocycles. The predicted molar refractivity (Wildman–Crippen MR) is 127 cm³/mol. The Hall–Kier alpha value is -2.38. The lowest BCUT2D eigenvalue weighted by Crippen LogP contribution is -2.22. The van der Waals surface area contributed by atoms with Crippen molar-refractivity contribution in [2.75, 3.05) is 20.3 Å². The third kappa shape index (κ3) is 5.27. The van der Waals surface area contributed by atoms with Crippen molar-refractivity contribution < 1.29 is 14.2 Å². The van der Waals surface area contributed by atoms with E-state index in [4.69, 9.17) is 14.2 Å². The molecule has 0 saturated heterocycles. The molecule has 1 aromatic carbocycles. The molecule has 2 heterocycles. The van der Waals surface area contributed by atoms with E-state index < -0.39 is 8.07 Å². The Morgan fingerprint density at radius 1 is 1.13 bits per heavy atom. The second-order valence-corrected chi connectivity index (χ2v) is 15.3. The normalized spacial score (nSPS) is 14.2. The highest BCUT2D eigenvalue weighted by molar-refractivity contribution is 6.76. The third-order valence-corrected chi connectivity index (χ3v) is 7.43. The summed E-state index contributed by atoms with van der Waals surface area (Å²) in [4.78, 5) is 9.20. The van der Waals surface area contributed by atoms with Crippen molar-refractivity contribution in [2.24, 2.45) is 5.92 Å². The number of nitrogens with zero attached hydrogens (tertiary/aromatic N) is 3. The summed E-state index contributed by atoms with van der Waals surface area (Å²) >= 11 is 0. The average molecular weight is 440 g/mol. The van der Waals surface area contributed by atoms with Crippen molar-refractivity contribution in [3.05, 3.63) is 36.3 Å². The van der Waals surface area contributed by atoms with Gasteiger partial charge in [-0.25, -0.2) is 9.97 Å². The van der Waals surface area contributed by atoms with Crippen LogP contribution in [0.2, 0.25) is 25.7 Å². The molecule has 0 radical (unpaired) electrons. The zero-order valence-corrected chi connectivity index (χ0v) is 20.3. The molecule has 31 heavy (non-hydrogen) atoms. The van der Waals surface area contributed by atoms with Crippen molar-refractivity contribution in [1.29, 1.82) is 0 Å². The Morgan fingerprint density at radius 2 is 1.94 bits per heavy atom. The first-order chi connectivity index (χ1) is 14.9. The van der Waals surface area contributed by atoms with E-state index in [1.807, 2.05) is 18.2 Å². The molecule has 0 aliphatic heterocycles. The molecule has 1 saturated carbocycles. The van der Waals surface area contributed by atoms with Crippen LogP contribution in [0.3, 0.4) is 0 Å². The van der Waals surface area contributed by atoms with Crippen LogP contribution in [0.1, 0.15) is 18.5 Å². The van der Waals surface area contributed by atoms with E-state index in [0.29, 0.717) is 12.6 Å². The number of ether oxygens (including phenoxy) is 3. The fourth-order valence-corrected chi connectivity index (χ4v) is 4.31. The first-order valence-electron chi connectivity index (χ1n) is 11.1. The molecule has 1 aliphatic carbocycles. The molecule has 0 N–H and O–H groups in total. The first-order valence-corrected chi connectivity index (χ1v) is 14.8. The zero-order chi connectivity index (χ0) is 22.0. The van der Waals surface area contributed by atoms with Gasteiger partial charge in [-0.05, 0) is 56.0 Å². The highest BCUT2D eigenvalue weighted by atomic mass is 28.3. The lowest BCUT2D eigenvalue weighted by atomic mass is 10.1. The van der Waals surface area contributed by atoms with Gasteiger partial charge in [0.25, 0.3) is 0 Å². The van der Waals surface area contributed by atoms with Crippen LogP contribution in [0.25, 0.3) is 22.3 Å². The molecule has 0 spiro atoms. The van der Waals surface area contributed by atoms with Gasteiger partial charge in [-0.1, -0.05) is 19.6 Å². The van der Waals surface area contributed by atoms with Gasteiger partial charge in [-0.3, -0.25) is 0 Å². The van der Waals surface area contributed by atoms with Crippen molar-refractivity contribution in [3.8, 4) is 22.8 Å². The van der Waals surface area contributed by atoms with Crippen LogP contribution in [0.5, 0.6) is 11.5 Å². The molecule has 1 aliphatic rings. The molecular formula is C24H33N3O3Si. The van der Waals surface area contributed by atoms with Crippen LogP contribution >= 0.6 is 0 Å². The van der Waals surface area contributed by atoms with Crippen LogP contribution in [-0.2, 0) is 11.5 Å². The molecule has 6 nitrogen and oxygen atoms in total. The predicted octanol–water partition coefficient (Wildman–Crippen LogP) is 5.52. The lowest BCUT2D eigenvalue weighted by molar-refractivity contribution is 0.0890. The molecule has 7 heteroatoms. The molecule has 0 bridgehead atoms. The Kier molecular flexibility index (Phi) is 6.34. The van der Waals surface area contributed by atoms with Gasteiger partial charge in [-0.15, -0.1) is 0 Å². The van der Waals surface area contributed by atoms with Gasteiger partial charge in [0.2, 0.25) is 0 Å². The van der Waals surface area contributed by atoms with Gasteiger partial charge < -0.3 is 18.8 Å². The lowest BCUT2D eigenvalue weighted by Gasteiger charge is -2.17. The maximum Gasteiger partial charge on any atom is 0.129 e. The summed E-state index contributed by atoms with van der Waals surface area (Å²) in [5.41, 5.74) is 4.75. The number of benzene rings is 1. The van der Waals surface area contributed by atoms with E-state index in [0.717, 1.165) is 58.7 Å². The minimum absolute atomic E-state index is 0.489. The van der Waals surface area contributed by atoms with E-state index in [9.17, 15) is 0 Å². The summed E-state index contributed by atoms with van der Waals surface area (Å²) < 4.78 is 19.9. The average Bonchev–Trinajstić information content (AvgIpc) is 3.50. The Labute approximate surface area is 185 Å². The van der Waals surface area contributed by atoms with Crippen LogP contribution in [-0.4, -0.2) is 42.9 Å². The number of aromatic nitrogens is 3. The number of aryl methyl sites for hydroxylation is 1. The molecule has 1 fully saturated rings. The first kappa shape index (κ1) is 21.8. The summed E-state index contributed by atoms with van der Waals surface area (Å²) in [6.45, 7) is 11.2. The number of rotatable bonds is 10.